The highest BCUT2D eigenvalue weighted by molar-refractivity contribution is 8.01. The lowest BCUT2D eigenvalue weighted by atomic mass is 10.1. The largest absolute Gasteiger partial charge is 0.461 e. The summed E-state index contributed by atoms with van der Waals surface area (Å²) in [6.07, 6.45) is -0.632. The van der Waals surface area contributed by atoms with Gasteiger partial charge in [0.2, 0.25) is 11.8 Å². The quantitative estimate of drug-likeness (QED) is 0.299. The molecule has 4 aromatic rings. The third-order valence-corrected chi connectivity index (χ3v) is 5.22. The minimum Gasteiger partial charge on any atom is -0.461 e. The maximum absolute atomic E-state index is 13.7. The highest BCUT2D eigenvalue weighted by atomic mass is 32.2. The molecule has 0 aliphatic heterocycles. The molecule has 166 valence electrons. The number of rotatable bonds is 7. The molecule has 0 saturated carbocycles. The molecular weight excluding hydrogens is 448 g/mol. The highest BCUT2D eigenvalue weighted by Gasteiger charge is 2.35. The first-order valence-electron chi connectivity index (χ1n) is 9.37. The van der Waals surface area contributed by atoms with Gasteiger partial charge in [0.1, 0.15) is 5.82 Å². The minimum atomic E-state index is -4.58. The molecule has 1 aromatic carbocycles. The molecule has 3 aromatic heterocycles. The van der Waals surface area contributed by atoms with E-state index in [1.54, 1.807) is 12.1 Å². The van der Waals surface area contributed by atoms with Gasteiger partial charge < -0.3 is 4.42 Å². The molecule has 0 saturated heterocycles. The van der Waals surface area contributed by atoms with Gasteiger partial charge in [-0.25, -0.2) is 14.4 Å². The summed E-state index contributed by atoms with van der Waals surface area (Å²) < 4.78 is 63.6. The Morgan fingerprint density at radius 3 is 2.53 bits per heavy atom. The molecule has 0 radical (unpaired) electrons. The van der Waals surface area contributed by atoms with E-state index in [2.05, 4.69) is 24.9 Å². The van der Waals surface area contributed by atoms with E-state index < -0.39 is 17.6 Å². The molecule has 0 amide bonds. The zero-order valence-electron chi connectivity index (χ0n) is 16.5. The zero-order valence-corrected chi connectivity index (χ0v) is 17.4. The molecule has 12 heteroatoms. The van der Waals surface area contributed by atoms with Crippen LogP contribution in [0.25, 0.3) is 17.3 Å². The van der Waals surface area contributed by atoms with Gasteiger partial charge in [0.25, 0.3) is 0 Å². The summed E-state index contributed by atoms with van der Waals surface area (Å²) in [4.78, 5) is 7.83. The maximum Gasteiger partial charge on any atom is 0.418 e. The van der Waals surface area contributed by atoms with Crippen LogP contribution in [0, 0.1) is 5.82 Å². The summed E-state index contributed by atoms with van der Waals surface area (Å²) >= 11 is 1.20. The van der Waals surface area contributed by atoms with Crippen molar-refractivity contribution in [3.8, 4) is 17.3 Å². The molecular formula is C20H16F4N6OS. The van der Waals surface area contributed by atoms with Crippen molar-refractivity contribution in [2.45, 2.75) is 24.8 Å². The standard InChI is InChI=1S/C20H16F4N6OS/c1-12(9-17-25-10-13(21)11-26-17)32-29-19-28-27-18(16-7-4-8-31-16)30(19)15-6-3-2-5-14(15)20(22,23)24/h2-8,10-12H,9H2,1H3,(H,28,29). The van der Waals surface area contributed by atoms with Gasteiger partial charge in [0.15, 0.2) is 11.6 Å². The van der Waals surface area contributed by atoms with E-state index in [-0.39, 0.29) is 28.5 Å². The average molecular weight is 464 g/mol. The number of benzene rings is 1. The van der Waals surface area contributed by atoms with E-state index in [0.717, 1.165) is 18.5 Å². The molecule has 0 fully saturated rings. The third kappa shape index (κ3) is 4.74. The number of nitrogens with one attached hydrogen (secondary N) is 1. The van der Waals surface area contributed by atoms with Gasteiger partial charge in [-0.2, -0.15) is 13.2 Å². The van der Waals surface area contributed by atoms with Crippen LogP contribution in [-0.2, 0) is 12.6 Å². The van der Waals surface area contributed by atoms with E-state index in [4.69, 9.17) is 4.42 Å². The molecule has 1 unspecified atom stereocenters. The van der Waals surface area contributed by atoms with Crippen molar-refractivity contribution in [2.75, 3.05) is 4.72 Å². The Morgan fingerprint density at radius 2 is 1.84 bits per heavy atom. The fourth-order valence-electron chi connectivity index (χ4n) is 2.95. The molecule has 1 atom stereocenters. The van der Waals surface area contributed by atoms with Gasteiger partial charge in [0, 0.05) is 11.7 Å². The van der Waals surface area contributed by atoms with Gasteiger partial charge in [0.05, 0.1) is 29.9 Å². The zero-order chi connectivity index (χ0) is 22.7. The summed E-state index contributed by atoms with van der Waals surface area (Å²) in [7, 11) is 0. The summed E-state index contributed by atoms with van der Waals surface area (Å²) in [6, 6.07) is 8.34. The molecule has 0 aliphatic rings. The Kier molecular flexibility index (Phi) is 6.12. The van der Waals surface area contributed by atoms with Crippen molar-refractivity contribution in [1.29, 1.82) is 0 Å². The van der Waals surface area contributed by atoms with Crippen LogP contribution in [0.5, 0.6) is 0 Å². The number of anilines is 1. The van der Waals surface area contributed by atoms with Crippen molar-refractivity contribution >= 4 is 17.9 Å². The first kappa shape index (κ1) is 21.8. The number of furan rings is 1. The van der Waals surface area contributed by atoms with Crippen molar-refractivity contribution in [2.24, 2.45) is 0 Å². The van der Waals surface area contributed by atoms with Gasteiger partial charge in [-0.1, -0.05) is 19.1 Å². The summed E-state index contributed by atoms with van der Waals surface area (Å²) in [5, 5.41) is 7.96. The van der Waals surface area contributed by atoms with Crippen LogP contribution in [0.2, 0.25) is 0 Å². The second-order valence-electron chi connectivity index (χ2n) is 6.73. The average Bonchev–Trinajstić information content (AvgIpc) is 3.43. The van der Waals surface area contributed by atoms with Crippen LogP contribution in [-0.4, -0.2) is 30.0 Å². The normalized spacial score (nSPS) is 12.7. The number of alkyl halides is 3. The smallest absolute Gasteiger partial charge is 0.418 e. The first-order chi connectivity index (χ1) is 15.3. The molecule has 1 N–H and O–H groups in total. The van der Waals surface area contributed by atoms with Crippen LogP contribution in [0.4, 0.5) is 23.5 Å². The summed E-state index contributed by atoms with van der Waals surface area (Å²) in [6.45, 7) is 1.86. The first-order valence-corrected chi connectivity index (χ1v) is 10.2. The fourth-order valence-corrected chi connectivity index (χ4v) is 3.62. The Bertz CT molecular complexity index is 1180. The van der Waals surface area contributed by atoms with Gasteiger partial charge in [-0.15, -0.1) is 10.2 Å². The lowest BCUT2D eigenvalue weighted by Crippen LogP contribution is -2.14. The maximum atomic E-state index is 13.7. The van der Waals surface area contributed by atoms with Crippen LogP contribution < -0.4 is 4.72 Å². The number of aromatic nitrogens is 5. The van der Waals surface area contributed by atoms with Crippen molar-refractivity contribution < 1.29 is 22.0 Å². The second-order valence-corrected chi connectivity index (χ2v) is 7.97. The summed E-state index contributed by atoms with van der Waals surface area (Å²) in [5.74, 6) is 0.372. The Labute approximate surface area is 184 Å². The lowest BCUT2D eigenvalue weighted by Gasteiger charge is -2.17. The van der Waals surface area contributed by atoms with E-state index in [1.807, 2.05) is 6.92 Å². The predicted molar refractivity (Wildman–Crippen MR) is 110 cm³/mol. The van der Waals surface area contributed by atoms with E-state index >= 15 is 0 Å². The van der Waals surface area contributed by atoms with Crippen LogP contribution in [0.3, 0.4) is 0 Å². The fraction of sp³-hybridized carbons (Fsp3) is 0.200. The Balaban J connectivity index is 1.65. The summed E-state index contributed by atoms with van der Waals surface area (Å²) in [5.41, 5.74) is -0.984. The molecule has 0 bridgehead atoms. The molecule has 3 heterocycles. The van der Waals surface area contributed by atoms with Crippen molar-refractivity contribution in [1.82, 2.24) is 24.7 Å². The van der Waals surface area contributed by atoms with Crippen molar-refractivity contribution in [3.63, 3.8) is 0 Å². The van der Waals surface area contributed by atoms with E-state index in [1.165, 1.54) is 41.0 Å². The highest BCUT2D eigenvalue weighted by Crippen LogP contribution is 2.37. The van der Waals surface area contributed by atoms with Crippen molar-refractivity contribution in [3.05, 3.63) is 72.3 Å². The molecule has 0 aliphatic carbocycles. The Morgan fingerprint density at radius 1 is 1.09 bits per heavy atom. The monoisotopic (exact) mass is 464 g/mol. The SMILES string of the molecule is CC(Cc1ncc(F)cn1)SNc1nnc(-c2ccco2)n1-c1ccccc1C(F)(F)F. The number of hydrogen-bond donors (Lipinski definition) is 1. The number of para-hydroxylation sites is 1. The topological polar surface area (TPSA) is 81.7 Å². The van der Waals surface area contributed by atoms with Crippen LogP contribution in [0.1, 0.15) is 18.3 Å². The van der Waals surface area contributed by atoms with Crippen LogP contribution >= 0.6 is 11.9 Å². The third-order valence-electron chi connectivity index (χ3n) is 4.35. The molecule has 7 nitrogen and oxygen atoms in total. The number of nitrogens with zero attached hydrogens (tertiary/aromatic N) is 5. The Hall–Kier alpha value is -3.41. The lowest BCUT2D eigenvalue weighted by molar-refractivity contribution is -0.137. The van der Waals surface area contributed by atoms with E-state index in [9.17, 15) is 17.6 Å². The minimum absolute atomic E-state index is 0.0879. The van der Waals surface area contributed by atoms with Gasteiger partial charge in [-0.05, 0) is 36.2 Å². The van der Waals surface area contributed by atoms with Gasteiger partial charge >= 0.3 is 6.18 Å². The number of hydrogen-bond acceptors (Lipinski definition) is 7. The molecule has 32 heavy (non-hydrogen) atoms. The van der Waals surface area contributed by atoms with Gasteiger partial charge in [-0.3, -0.25) is 9.29 Å². The second kappa shape index (κ2) is 8.99. The number of halogens is 4. The predicted octanol–water partition coefficient (Wildman–Crippen LogP) is 5.17. The molecule has 0 spiro atoms. The van der Waals surface area contributed by atoms with E-state index in [0.29, 0.717) is 12.2 Å². The van der Waals surface area contributed by atoms with Crippen LogP contribution in [0.15, 0.2) is 59.5 Å². The molecule has 4 rings (SSSR count).